The summed E-state index contributed by atoms with van der Waals surface area (Å²) in [7, 11) is 0. The Morgan fingerprint density at radius 3 is 2.41 bits per heavy atom. The van der Waals surface area contributed by atoms with Crippen LogP contribution in [0, 0.1) is 29.6 Å². The number of carboxylic acids is 1. The quantitative estimate of drug-likeness (QED) is 0.497. The van der Waals surface area contributed by atoms with Crippen molar-refractivity contribution in [1.82, 2.24) is 0 Å². The van der Waals surface area contributed by atoms with Gasteiger partial charge in [0.05, 0.1) is 0 Å². The number of carboxylic acid groups (broad SMARTS) is 1. The molecule has 4 unspecified atom stereocenters. The first-order valence-corrected chi connectivity index (χ1v) is 9.60. The van der Waals surface area contributed by atoms with Crippen LogP contribution in [0.2, 0.25) is 0 Å². The third kappa shape index (κ3) is 8.19. The fourth-order valence-electron chi connectivity index (χ4n) is 4.13. The second-order valence-corrected chi connectivity index (χ2v) is 8.38. The highest BCUT2D eigenvalue weighted by molar-refractivity contribution is 5.66. The van der Waals surface area contributed by atoms with Crippen molar-refractivity contribution in [3.05, 3.63) is 0 Å². The molecule has 1 fully saturated rings. The highest BCUT2D eigenvalue weighted by atomic mass is 16.4. The molecule has 2 heteroatoms. The zero-order valence-electron chi connectivity index (χ0n) is 15.3. The molecule has 4 atom stereocenters. The topological polar surface area (TPSA) is 37.3 Å². The molecule has 130 valence electrons. The van der Waals surface area contributed by atoms with Crippen LogP contribution in [0.1, 0.15) is 91.9 Å². The standard InChI is InChI=1S/C20H38O2/c1-15(2)7-5-9-17(4)19-12-11-18(14-19)10-6-8-16(3)13-20(21)22/h15-19H,5-14H2,1-4H3,(H,21,22). The molecule has 1 saturated carbocycles. The summed E-state index contributed by atoms with van der Waals surface area (Å²) in [5, 5.41) is 8.80. The SMILES string of the molecule is CC(C)CCCC(C)C1CCC(CCCC(C)CC(=O)O)C1. The summed E-state index contributed by atoms with van der Waals surface area (Å²) in [6, 6.07) is 0. The van der Waals surface area contributed by atoms with E-state index in [-0.39, 0.29) is 0 Å². The Balaban J connectivity index is 2.13. The first kappa shape index (κ1) is 19.5. The van der Waals surface area contributed by atoms with E-state index < -0.39 is 5.97 Å². The highest BCUT2D eigenvalue weighted by Crippen LogP contribution is 2.40. The van der Waals surface area contributed by atoms with Crippen molar-refractivity contribution in [2.45, 2.75) is 91.9 Å². The lowest BCUT2D eigenvalue weighted by atomic mass is 9.86. The van der Waals surface area contributed by atoms with E-state index in [4.69, 9.17) is 5.11 Å². The number of hydrogen-bond donors (Lipinski definition) is 1. The van der Waals surface area contributed by atoms with Crippen LogP contribution in [-0.2, 0) is 4.79 Å². The third-order valence-corrected chi connectivity index (χ3v) is 5.66. The number of carbonyl (C=O) groups is 1. The van der Waals surface area contributed by atoms with Gasteiger partial charge in [0, 0.05) is 6.42 Å². The van der Waals surface area contributed by atoms with Gasteiger partial charge in [-0.1, -0.05) is 72.6 Å². The maximum Gasteiger partial charge on any atom is 0.303 e. The molecule has 2 nitrogen and oxygen atoms in total. The normalized spacial score (nSPS) is 24.6. The van der Waals surface area contributed by atoms with E-state index in [0.29, 0.717) is 12.3 Å². The van der Waals surface area contributed by atoms with Crippen LogP contribution in [0.3, 0.4) is 0 Å². The van der Waals surface area contributed by atoms with Gasteiger partial charge in [-0.05, 0) is 42.4 Å². The van der Waals surface area contributed by atoms with Gasteiger partial charge in [-0.15, -0.1) is 0 Å². The summed E-state index contributed by atoms with van der Waals surface area (Å²) in [5.74, 6) is 3.29. The Bertz CT molecular complexity index is 311. The zero-order valence-corrected chi connectivity index (χ0v) is 15.3. The van der Waals surface area contributed by atoms with Gasteiger partial charge >= 0.3 is 5.97 Å². The van der Waals surface area contributed by atoms with Gasteiger partial charge in [-0.3, -0.25) is 4.79 Å². The molecule has 0 aromatic heterocycles. The lowest BCUT2D eigenvalue weighted by Crippen LogP contribution is -2.09. The van der Waals surface area contributed by atoms with E-state index in [9.17, 15) is 4.79 Å². The third-order valence-electron chi connectivity index (χ3n) is 5.66. The molecule has 22 heavy (non-hydrogen) atoms. The minimum absolute atomic E-state index is 0.334. The highest BCUT2D eigenvalue weighted by Gasteiger charge is 2.28. The molecular formula is C20H38O2. The Morgan fingerprint density at radius 2 is 1.77 bits per heavy atom. The van der Waals surface area contributed by atoms with Crippen LogP contribution in [0.5, 0.6) is 0 Å². The molecule has 0 aliphatic heterocycles. The molecule has 0 aromatic carbocycles. The molecule has 1 aliphatic rings. The predicted octanol–water partition coefficient (Wildman–Crippen LogP) is 6.15. The van der Waals surface area contributed by atoms with Crippen molar-refractivity contribution in [3.8, 4) is 0 Å². The minimum Gasteiger partial charge on any atom is -0.481 e. The molecule has 1 N–H and O–H groups in total. The lowest BCUT2D eigenvalue weighted by molar-refractivity contribution is -0.138. The smallest absolute Gasteiger partial charge is 0.303 e. The van der Waals surface area contributed by atoms with Gasteiger partial charge in [0.2, 0.25) is 0 Å². The summed E-state index contributed by atoms with van der Waals surface area (Å²) in [4.78, 5) is 10.7. The summed E-state index contributed by atoms with van der Waals surface area (Å²) >= 11 is 0. The Hall–Kier alpha value is -0.530. The molecule has 1 aliphatic carbocycles. The monoisotopic (exact) mass is 310 g/mol. The first-order valence-electron chi connectivity index (χ1n) is 9.60. The van der Waals surface area contributed by atoms with Gasteiger partial charge in [-0.2, -0.15) is 0 Å². The molecule has 1 rings (SSSR count). The van der Waals surface area contributed by atoms with Crippen molar-refractivity contribution in [3.63, 3.8) is 0 Å². The van der Waals surface area contributed by atoms with Crippen molar-refractivity contribution >= 4 is 5.97 Å². The fraction of sp³-hybridized carbons (Fsp3) is 0.950. The van der Waals surface area contributed by atoms with Crippen molar-refractivity contribution in [1.29, 1.82) is 0 Å². The minimum atomic E-state index is -0.649. The Morgan fingerprint density at radius 1 is 1.05 bits per heavy atom. The molecule has 0 bridgehead atoms. The molecule has 0 heterocycles. The number of aliphatic carboxylic acids is 1. The van der Waals surface area contributed by atoms with E-state index in [1.165, 1.54) is 51.4 Å². The van der Waals surface area contributed by atoms with Crippen LogP contribution < -0.4 is 0 Å². The molecular weight excluding hydrogens is 272 g/mol. The second-order valence-electron chi connectivity index (χ2n) is 8.38. The second kappa shape index (κ2) is 10.3. The van der Waals surface area contributed by atoms with Gasteiger partial charge in [-0.25, -0.2) is 0 Å². The van der Waals surface area contributed by atoms with Gasteiger partial charge < -0.3 is 5.11 Å². The van der Waals surface area contributed by atoms with E-state index in [0.717, 1.165) is 30.1 Å². The summed E-state index contributed by atoms with van der Waals surface area (Å²) in [6.45, 7) is 9.17. The largest absolute Gasteiger partial charge is 0.481 e. The molecule has 0 saturated heterocycles. The number of rotatable bonds is 11. The van der Waals surface area contributed by atoms with Crippen molar-refractivity contribution < 1.29 is 9.90 Å². The van der Waals surface area contributed by atoms with E-state index >= 15 is 0 Å². The number of hydrogen-bond acceptors (Lipinski definition) is 1. The van der Waals surface area contributed by atoms with Gasteiger partial charge in [0.15, 0.2) is 0 Å². The maximum atomic E-state index is 10.7. The summed E-state index contributed by atoms with van der Waals surface area (Å²) in [5.41, 5.74) is 0. The molecule has 0 spiro atoms. The maximum absolute atomic E-state index is 10.7. The molecule has 0 amide bonds. The Labute approximate surface area is 138 Å². The lowest BCUT2D eigenvalue weighted by Gasteiger charge is -2.20. The van der Waals surface area contributed by atoms with E-state index in [1.54, 1.807) is 0 Å². The molecule has 0 aromatic rings. The van der Waals surface area contributed by atoms with Crippen LogP contribution in [0.15, 0.2) is 0 Å². The summed E-state index contributed by atoms with van der Waals surface area (Å²) in [6.07, 6.45) is 12.4. The molecule has 0 radical (unpaired) electrons. The van der Waals surface area contributed by atoms with E-state index in [2.05, 4.69) is 27.7 Å². The van der Waals surface area contributed by atoms with Crippen LogP contribution in [0.25, 0.3) is 0 Å². The van der Waals surface area contributed by atoms with Gasteiger partial charge in [0.25, 0.3) is 0 Å². The van der Waals surface area contributed by atoms with Crippen molar-refractivity contribution in [2.75, 3.05) is 0 Å². The fourth-order valence-corrected chi connectivity index (χ4v) is 4.13. The summed E-state index contributed by atoms with van der Waals surface area (Å²) < 4.78 is 0. The zero-order chi connectivity index (χ0) is 16.5. The van der Waals surface area contributed by atoms with E-state index in [1.807, 2.05) is 0 Å². The van der Waals surface area contributed by atoms with Crippen LogP contribution >= 0.6 is 0 Å². The predicted molar refractivity (Wildman–Crippen MR) is 94.0 cm³/mol. The average molecular weight is 311 g/mol. The van der Waals surface area contributed by atoms with Crippen LogP contribution in [0.4, 0.5) is 0 Å². The Kier molecular flexibility index (Phi) is 9.12. The average Bonchev–Trinajstić information content (AvgIpc) is 2.86. The first-order chi connectivity index (χ1) is 10.4. The van der Waals surface area contributed by atoms with Crippen LogP contribution in [-0.4, -0.2) is 11.1 Å². The van der Waals surface area contributed by atoms with Gasteiger partial charge in [0.1, 0.15) is 0 Å². The van der Waals surface area contributed by atoms with Crippen molar-refractivity contribution in [2.24, 2.45) is 29.6 Å².